The molecule has 1 amide bonds. The number of nitrogens with one attached hydrogen (secondary N) is 2. The van der Waals surface area contributed by atoms with E-state index in [1.807, 2.05) is 60.8 Å². The van der Waals surface area contributed by atoms with Crippen LogP contribution in [0.25, 0.3) is 17.0 Å². The van der Waals surface area contributed by atoms with E-state index in [2.05, 4.69) is 15.5 Å². The third kappa shape index (κ3) is 2.72. The van der Waals surface area contributed by atoms with Crippen molar-refractivity contribution in [1.29, 1.82) is 0 Å². The summed E-state index contributed by atoms with van der Waals surface area (Å²) in [5, 5.41) is 5.95. The maximum absolute atomic E-state index is 12.2. The van der Waals surface area contributed by atoms with Gasteiger partial charge in [-0.15, -0.1) is 0 Å². The van der Waals surface area contributed by atoms with E-state index in [4.69, 9.17) is 11.6 Å². The summed E-state index contributed by atoms with van der Waals surface area (Å²) >= 11 is 5.92. The van der Waals surface area contributed by atoms with Gasteiger partial charge in [0.2, 0.25) is 0 Å². The number of nitrogens with zero attached hydrogens (tertiary/aromatic N) is 1. The van der Waals surface area contributed by atoms with Gasteiger partial charge in [0.1, 0.15) is 0 Å². The molecular weight excluding hydrogens is 322 g/mol. The molecule has 2 aromatic carbocycles. The lowest BCUT2D eigenvalue weighted by molar-refractivity contribution is -0.116. The van der Waals surface area contributed by atoms with E-state index in [1.165, 1.54) is 0 Å². The predicted octanol–water partition coefficient (Wildman–Crippen LogP) is 3.93. The Morgan fingerprint density at radius 3 is 2.71 bits per heavy atom. The monoisotopic (exact) mass is 335 g/mol. The zero-order chi connectivity index (χ0) is 16.5. The molecule has 0 saturated heterocycles. The molecule has 2 N–H and O–H groups in total. The van der Waals surface area contributed by atoms with Crippen molar-refractivity contribution in [3.63, 3.8) is 0 Å². The van der Waals surface area contributed by atoms with E-state index in [1.54, 1.807) is 0 Å². The third-order valence-corrected chi connectivity index (χ3v) is 4.31. The first-order valence-corrected chi connectivity index (χ1v) is 7.98. The van der Waals surface area contributed by atoms with Crippen LogP contribution in [-0.2, 0) is 11.2 Å². The van der Waals surface area contributed by atoms with Crippen LogP contribution in [0.5, 0.6) is 0 Å². The van der Waals surface area contributed by atoms with Gasteiger partial charge in [-0.2, -0.15) is 5.10 Å². The van der Waals surface area contributed by atoms with Crippen LogP contribution in [-0.4, -0.2) is 16.6 Å². The second kappa shape index (κ2) is 5.98. The lowest BCUT2D eigenvalue weighted by atomic mass is 10.0. The van der Waals surface area contributed by atoms with Gasteiger partial charge < -0.3 is 4.98 Å². The highest BCUT2D eigenvalue weighted by Crippen LogP contribution is 2.23. The van der Waals surface area contributed by atoms with E-state index in [9.17, 15) is 4.79 Å². The minimum absolute atomic E-state index is 0.177. The van der Waals surface area contributed by atoms with Crippen LogP contribution < -0.4 is 5.43 Å². The average Bonchev–Trinajstić information content (AvgIpc) is 3.16. The number of hydrogen-bond acceptors (Lipinski definition) is 2. The van der Waals surface area contributed by atoms with Crippen molar-refractivity contribution in [2.24, 2.45) is 5.10 Å². The van der Waals surface area contributed by atoms with Crippen molar-refractivity contribution in [1.82, 2.24) is 10.4 Å². The molecule has 2 heterocycles. The number of amides is 1. The normalized spacial score (nSPS) is 15.8. The molecule has 0 spiro atoms. The summed E-state index contributed by atoms with van der Waals surface area (Å²) in [6.45, 7) is 0. The number of halogens is 1. The van der Waals surface area contributed by atoms with E-state index >= 15 is 0 Å². The second-order valence-electron chi connectivity index (χ2n) is 5.65. The highest BCUT2D eigenvalue weighted by atomic mass is 35.5. The smallest absolute Gasteiger partial charge is 0.273 e. The van der Waals surface area contributed by atoms with Crippen LogP contribution in [0.4, 0.5) is 0 Å². The highest BCUT2D eigenvalue weighted by Gasteiger charge is 2.23. The quantitative estimate of drug-likeness (QED) is 0.700. The van der Waals surface area contributed by atoms with Crippen molar-refractivity contribution in [3.8, 4) is 0 Å². The number of carbonyl (C=O) groups is 1. The van der Waals surface area contributed by atoms with Crippen LogP contribution in [0.3, 0.4) is 0 Å². The molecule has 24 heavy (non-hydrogen) atoms. The number of H-pyrrole nitrogens is 1. The van der Waals surface area contributed by atoms with Crippen LogP contribution in [0.1, 0.15) is 11.1 Å². The molecule has 0 aliphatic carbocycles. The summed E-state index contributed by atoms with van der Waals surface area (Å²) in [5.41, 5.74) is 6.95. The van der Waals surface area contributed by atoms with Crippen molar-refractivity contribution >= 4 is 40.2 Å². The van der Waals surface area contributed by atoms with Gasteiger partial charge in [0.05, 0.1) is 11.3 Å². The van der Waals surface area contributed by atoms with E-state index in [0.29, 0.717) is 17.0 Å². The lowest BCUT2D eigenvalue weighted by Crippen LogP contribution is -2.13. The van der Waals surface area contributed by atoms with Crippen molar-refractivity contribution in [2.75, 3.05) is 0 Å². The molecule has 0 radical (unpaired) electrons. The Labute approximate surface area is 143 Å². The topological polar surface area (TPSA) is 57.2 Å². The number of aromatic amines is 1. The molecular formula is C19H14ClN3O. The largest absolute Gasteiger partial charge is 0.361 e. The number of benzene rings is 2. The summed E-state index contributed by atoms with van der Waals surface area (Å²) < 4.78 is 0. The predicted molar refractivity (Wildman–Crippen MR) is 97.0 cm³/mol. The zero-order valence-electron chi connectivity index (χ0n) is 12.7. The van der Waals surface area contributed by atoms with Crippen molar-refractivity contribution in [2.45, 2.75) is 6.42 Å². The van der Waals surface area contributed by atoms with Gasteiger partial charge in [-0.05, 0) is 29.8 Å². The first-order valence-electron chi connectivity index (χ1n) is 7.60. The summed E-state index contributed by atoms with van der Waals surface area (Å²) in [4.78, 5) is 15.4. The van der Waals surface area contributed by atoms with Gasteiger partial charge in [-0.1, -0.05) is 41.9 Å². The molecule has 0 atom stereocenters. The number of hydrogen-bond donors (Lipinski definition) is 2. The summed E-state index contributed by atoms with van der Waals surface area (Å²) in [6.07, 6.45) is 4.36. The molecule has 5 heteroatoms. The Morgan fingerprint density at radius 2 is 1.88 bits per heavy atom. The van der Waals surface area contributed by atoms with Gasteiger partial charge >= 0.3 is 0 Å². The molecule has 0 fully saturated rings. The number of rotatable bonds is 3. The minimum Gasteiger partial charge on any atom is -0.361 e. The SMILES string of the molecule is O=C1NN=C(Cc2ccc(Cl)cc2)/C1=C/c1c[nH]c2ccccc12. The number of para-hydroxylation sites is 1. The number of hydrazone groups is 1. The van der Waals surface area contributed by atoms with Crippen LogP contribution in [0.15, 0.2) is 65.4 Å². The molecule has 0 unspecified atom stereocenters. The molecule has 1 aromatic heterocycles. The summed E-state index contributed by atoms with van der Waals surface area (Å²) in [7, 11) is 0. The van der Waals surface area contributed by atoms with Crippen LogP contribution >= 0.6 is 11.6 Å². The fraction of sp³-hybridized carbons (Fsp3) is 0.0526. The van der Waals surface area contributed by atoms with Crippen molar-refractivity contribution < 1.29 is 4.79 Å². The summed E-state index contributed by atoms with van der Waals surface area (Å²) in [5.74, 6) is -0.177. The molecule has 1 aliphatic rings. The first kappa shape index (κ1) is 14.7. The van der Waals surface area contributed by atoms with Gasteiger partial charge in [0.25, 0.3) is 5.91 Å². The van der Waals surface area contributed by atoms with E-state index in [-0.39, 0.29) is 5.91 Å². The molecule has 4 rings (SSSR count). The number of carbonyl (C=O) groups excluding carboxylic acids is 1. The minimum atomic E-state index is -0.177. The second-order valence-corrected chi connectivity index (χ2v) is 6.09. The maximum Gasteiger partial charge on any atom is 0.273 e. The Bertz CT molecular complexity index is 983. The molecule has 1 aliphatic heterocycles. The van der Waals surface area contributed by atoms with Crippen molar-refractivity contribution in [3.05, 3.63) is 76.5 Å². The van der Waals surface area contributed by atoms with Gasteiger partial charge in [0.15, 0.2) is 0 Å². The average molecular weight is 336 g/mol. The fourth-order valence-corrected chi connectivity index (χ4v) is 2.94. The number of aromatic nitrogens is 1. The molecule has 3 aromatic rings. The maximum atomic E-state index is 12.2. The number of fused-ring (bicyclic) bond motifs is 1. The lowest BCUT2D eigenvalue weighted by Gasteiger charge is -2.02. The van der Waals surface area contributed by atoms with E-state index < -0.39 is 0 Å². The van der Waals surface area contributed by atoms with Crippen LogP contribution in [0, 0.1) is 0 Å². The molecule has 0 bridgehead atoms. The fourth-order valence-electron chi connectivity index (χ4n) is 2.82. The first-order chi connectivity index (χ1) is 11.7. The van der Waals surface area contributed by atoms with Crippen LogP contribution in [0.2, 0.25) is 5.02 Å². The van der Waals surface area contributed by atoms with Gasteiger partial charge in [0, 0.05) is 34.1 Å². The van der Waals surface area contributed by atoms with Gasteiger partial charge in [-0.25, -0.2) is 5.43 Å². The Morgan fingerprint density at radius 1 is 1.08 bits per heavy atom. The Kier molecular flexibility index (Phi) is 3.67. The standard InChI is InChI=1S/C19H14ClN3O/c20-14-7-5-12(6-8-14)9-18-16(19(24)23-22-18)10-13-11-21-17-4-2-1-3-15(13)17/h1-8,10-11,21H,9H2,(H,23,24)/b16-10-. The Hall–Kier alpha value is -2.85. The molecule has 0 saturated carbocycles. The molecule has 118 valence electrons. The third-order valence-electron chi connectivity index (χ3n) is 4.05. The molecule has 4 nitrogen and oxygen atoms in total. The summed E-state index contributed by atoms with van der Waals surface area (Å²) in [6, 6.07) is 15.6. The van der Waals surface area contributed by atoms with Gasteiger partial charge in [-0.3, -0.25) is 4.79 Å². The highest BCUT2D eigenvalue weighted by molar-refractivity contribution is 6.30. The van der Waals surface area contributed by atoms with E-state index in [0.717, 1.165) is 27.7 Å². The zero-order valence-corrected chi connectivity index (χ0v) is 13.5. The Balaban J connectivity index is 1.68.